The van der Waals surface area contributed by atoms with Crippen LogP contribution in [-0.4, -0.2) is 43.7 Å². The number of nitrogens with one attached hydrogen (secondary N) is 1. The Labute approximate surface area is 206 Å². The second-order valence-corrected chi connectivity index (χ2v) is 8.28. The van der Waals surface area contributed by atoms with Crippen LogP contribution in [0.3, 0.4) is 0 Å². The minimum Gasteiger partial charge on any atom is -0.494 e. The van der Waals surface area contributed by atoms with Gasteiger partial charge in [-0.15, -0.1) is 10.2 Å². The molecule has 8 nitrogen and oxygen atoms in total. The second-order valence-electron chi connectivity index (χ2n) is 7.34. The van der Waals surface area contributed by atoms with Gasteiger partial charge in [-0.1, -0.05) is 23.9 Å². The number of thioether (sulfide) groups is 1. The summed E-state index contributed by atoms with van der Waals surface area (Å²) in [6, 6.07) is 17.2. The molecule has 0 aliphatic heterocycles. The molecule has 0 fully saturated rings. The average Bonchev–Trinajstić information content (AvgIpc) is 3.31. The number of amides is 1. The molecule has 4 aromatic rings. The zero-order valence-electron chi connectivity index (χ0n) is 19.2. The number of rotatable bonds is 9. The van der Waals surface area contributed by atoms with Crippen LogP contribution in [0, 0.1) is 5.82 Å². The highest BCUT2D eigenvalue weighted by Gasteiger charge is 2.17. The number of pyridine rings is 1. The quantitative estimate of drug-likeness (QED) is 0.211. The summed E-state index contributed by atoms with van der Waals surface area (Å²) >= 11 is 1.24. The second kappa shape index (κ2) is 11.4. The summed E-state index contributed by atoms with van der Waals surface area (Å²) in [5.74, 6) is 0.804. The first-order chi connectivity index (χ1) is 17.0. The van der Waals surface area contributed by atoms with E-state index in [9.17, 15) is 9.18 Å². The van der Waals surface area contributed by atoms with E-state index in [0.29, 0.717) is 23.3 Å². The van der Waals surface area contributed by atoms with Gasteiger partial charge in [-0.05, 0) is 67.9 Å². The van der Waals surface area contributed by atoms with Crippen LogP contribution in [0.4, 0.5) is 4.39 Å². The van der Waals surface area contributed by atoms with E-state index in [4.69, 9.17) is 4.74 Å². The van der Waals surface area contributed by atoms with Gasteiger partial charge in [0.2, 0.25) is 0 Å². The summed E-state index contributed by atoms with van der Waals surface area (Å²) in [6.45, 7) is 4.24. The van der Waals surface area contributed by atoms with Crippen molar-refractivity contribution in [3.63, 3.8) is 0 Å². The molecule has 0 saturated carbocycles. The normalized spacial score (nSPS) is 11.3. The van der Waals surface area contributed by atoms with Crippen molar-refractivity contribution in [2.75, 3.05) is 12.4 Å². The molecule has 0 aliphatic carbocycles. The Kier molecular flexibility index (Phi) is 7.84. The number of aromatic nitrogens is 4. The molecular weight excluding hydrogens is 467 g/mol. The van der Waals surface area contributed by atoms with Crippen molar-refractivity contribution >= 4 is 23.4 Å². The highest BCUT2D eigenvalue weighted by Crippen LogP contribution is 2.28. The van der Waals surface area contributed by atoms with E-state index in [1.165, 1.54) is 23.9 Å². The fraction of sp³-hybridized carbons (Fsp3) is 0.160. The first-order valence-corrected chi connectivity index (χ1v) is 11.8. The number of hydrogen-bond acceptors (Lipinski definition) is 7. The molecule has 4 rings (SSSR count). The number of nitrogens with zero attached hydrogens (tertiary/aromatic N) is 5. The van der Waals surface area contributed by atoms with Gasteiger partial charge in [0.25, 0.3) is 5.91 Å². The lowest BCUT2D eigenvalue weighted by Crippen LogP contribution is -2.21. The minimum atomic E-state index is -0.329. The van der Waals surface area contributed by atoms with Crippen molar-refractivity contribution < 1.29 is 13.9 Å². The Balaban J connectivity index is 1.52. The monoisotopic (exact) mass is 490 g/mol. The molecule has 0 aliphatic rings. The zero-order valence-corrected chi connectivity index (χ0v) is 20.0. The van der Waals surface area contributed by atoms with Crippen molar-refractivity contribution in [1.82, 2.24) is 25.2 Å². The fourth-order valence-corrected chi connectivity index (χ4v) is 3.94. The van der Waals surface area contributed by atoms with Gasteiger partial charge in [0.15, 0.2) is 11.0 Å². The number of ether oxygens (including phenoxy) is 1. The molecule has 178 valence electrons. The van der Waals surface area contributed by atoms with Crippen LogP contribution in [0.15, 0.2) is 83.3 Å². The molecule has 0 unspecified atom stereocenters. The highest BCUT2D eigenvalue weighted by atomic mass is 32.2. The van der Waals surface area contributed by atoms with Gasteiger partial charge in [-0.25, -0.2) is 9.82 Å². The number of carbonyl (C=O) groups excluding carboxylic acids is 1. The maximum absolute atomic E-state index is 13.1. The summed E-state index contributed by atoms with van der Waals surface area (Å²) in [4.78, 5) is 16.6. The van der Waals surface area contributed by atoms with Crippen molar-refractivity contribution in [2.24, 2.45) is 5.10 Å². The molecule has 0 bridgehead atoms. The largest absolute Gasteiger partial charge is 0.494 e. The van der Waals surface area contributed by atoms with E-state index in [0.717, 1.165) is 22.6 Å². The summed E-state index contributed by atoms with van der Waals surface area (Å²) in [5.41, 5.74) is 5.44. The standard InChI is InChI=1S/C25H23FN6O2S/c1-3-34-22-12-10-21(11-13-22)32-24(19-5-4-14-27-15-19)30-31-25(32)35-16-23(33)29-28-17(2)18-6-8-20(26)9-7-18/h4-15H,3,16H2,1-2H3,(H,29,33)/b28-17+. The molecule has 10 heteroatoms. The molecule has 0 spiro atoms. The predicted molar refractivity (Wildman–Crippen MR) is 133 cm³/mol. The smallest absolute Gasteiger partial charge is 0.250 e. The SMILES string of the molecule is CCOc1ccc(-n2c(SCC(=O)N/N=C(\C)c3ccc(F)cc3)nnc2-c2cccnc2)cc1. The van der Waals surface area contributed by atoms with E-state index in [2.05, 4.69) is 25.7 Å². The van der Waals surface area contributed by atoms with Gasteiger partial charge in [0.1, 0.15) is 11.6 Å². The molecule has 2 heterocycles. The maximum Gasteiger partial charge on any atom is 0.250 e. The van der Waals surface area contributed by atoms with Crippen molar-refractivity contribution in [1.29, 1.82) is 0 Å². The molecule has 1 N–H and O–H groups in total. The lowest BCUT2D eigenvalue weighted by Gasteiger charge is -2.11. The molecule has 0 saturated heterocycles. The Morgan fingerprint density at radius 1 is 1.11 bits per heavy atom. The molecule has 0 atom stereocenters. The van der Waals surface area contributed by atoms with Crippen LogP contribution >= 0.6 is 11.8 Å². The number of carbonyl (C=O) groups is 1. The summed E-state index contributed by atoms with van der Waals surface area (Å²) in [5, 5.41) is 13.3. The lowest BCUT2D eigenvalue weighted by molar-refractivity contribution is -0.118. The number of benzene rings is 2. The summed E-state index contributed by atoms with van der Waals surface area (Å²) < 4.78 is 20.5. The van der Waals surface area contributed by atoms with Gasteiger partial charge in [-0.3, -0.25) is 14.3 Å². The highest BCUT2D eigenvalue weighted by molar-refractivity contribution is 7.99. The fourth-order valence-electron chi connectivity index (χ4n) is 3.20. The topological polar surface area (TPSA) is 94.3 Å². The van der Waals surface area contributed by atoms with Crippen LogP contribution in [0.2, 0.25) is 0 Å². The van der Waals surface area contributed by atoms with Crippen LogP contribution < -0.4 is 10.2 Å². The third kappa shape index (κ3) is 6.10. The van der Waals surface area contributed by atoms with Crippen LogP contribution in [0.5, 0.6) is 5.75 Å². The van der Waals surface area contributed by atoms with E-state index in [1.807, 2.05) is 47.9 Å². The van der Waals surface area contributed by atoms with Crippen molar-refractivity contribution in [2.45, 2.75) is 19.0 Å². The first kappa shape index (κ1) is 24.1. The molecule has 1 amide bonds. The summed E-state index contributed by atoms with van der Waals surface area (Å²) in [6.07, 6.45) is 3.40. The van der Waals surface area contributed by atoms with Crippen molar-refractivity contribution in [3.05, 3.63) is 84.4 Å². The van der Waals surface area contributed by atoms with Crippen LogP contribution in [0.1, 0.15) is 19.4 Å². The van der Waals surface area contributed by atoms with Gasteiger partial charge >= 0.3 is 0 Å². The molecule has 2 aromatic heterocycles. The number of hydrazone groups is 1. The minimum absolute atomic E-state index is 0.0718. The Morgan fingerprint density at radius 2 is 1.89 bits per heavy atom. The Morgan fingerprint density at radius 3 is 2.57 bits per heavy atom. The number of halogens is 1. The van der Waals surface area contributed by atoms with E-state index in [-0.39, 0.29) is 17.5 Å². The zero-order chi connectivity index (χ0) is 24.6. The third-order valence-electron chi connectivity index (χ3n) is 4.90. The van der Waals surface area contributed by atoms with E-state index >= 15 is 0 Å². The number of hydrogen-bond donors (Lipinski definition) is 1. The average molecular weight is 491 g/mol. The summed E-state index contributed by atoms with van der Waals surface area (Å²) in [7, 11) is 0. The Bertz CT molecular complexity index is 1310. The van der Waals surface area contributed by atoms with Crippen LogP contribution in [0.25, 0.3) is 17.1 Å². The van der Waals surface area contributed by atoms with Gasteiger partial charge in [0.05, 0.1) is 18.1 Å². The van der Waals surface area contributed by atoms with E-state index in [1.54, 1.807) is 31.5 Å². The third-order valence-corrected chi connectivity index (χ3v) is 5.83. The van der Waals surface area contributed by atoms with Gasteiger partial charge in [-0.2, -0.15) is 5.10 Å². The molecular formula is C25H23FN6O2S. The molecule has 2 aromatic carbocycles. The first-order valence-electron chi connectivity index (χ1n) is 10.9. The molecule has 35 heavy (non-hydrogen) atoms. The van der Waals surface area contributed by atoms with E-state index < -0.39 is 0 Å². The van der Waals surface area contributed by atoms with Gasteiger partial charge in [0, 0.05) is 23.6 Å². The predicted octanol–water partition coefficient (Wildman–Crippen LogP) is 4.50. The molecule has 0 radical (unpaired) electrons. The van der Waals surface area contributed by atoms with Crippen molar-refractivity contribution in [3.8, 4) is 22.8 Å². The van der Waals surface area contributed by atoms with Crippen LogP contribution in [-0.2, 0) is 4.79 Å². The van der Waals surface area contributed by atoms with Gasteiger partial charge < -0.3 is 4.74 Å². The lowest BCUT2D eigenvalue weighted by atomic mass is 10.1. The maximum atomic E-state index is 13.1. The Hall–Kier alpha value is -4.05.